The Hall–Kier alpha value is -3.02. The fourth-order valence-electron chi connectivity index (χ4n) is 3.06. The largest absolute Gasteiger partial charge is 0.480 e. The maximum absolute atomic E-state index is 12.4. The van der Waals surface area contributed by atoms with Crippen LogP contribution in [0.2, 0.25) is 10.0 Å². The minimum atomic E-state index is -0.589. The average Bonchev–Trinajstić information content (AvgIpc) is 2.74. The van der Waals surface area contributed by atoms with Crippen molar-refractivity contribution in [1.82, 2.24) is 5.32 Å². The fourth-order valence-corrected chi connectivity index (χ4v) is 3.52. The summed E-state index contributed by atoms with van der Waals surface area (Å²) in [7, 11) is 0. The predicted molar refractivity (Wildman–Crippen MR) is 121 cm³/mol. The van der Waals surface area contributed by atoms with Crippen LogP contribution in [0.15, 0.2) is 60.7 Å². The van der Waals surface area contributed by atoms with Gasteiger partial charge in [-0.2, -0.15) is 0 Å². The quantitative estimate of drug-likeness (QED) is 0.374. The number of hydrogen-bond acceptors (Lipinski definition) is 4. The first-order valence-electron chi connectivity index (χ1n) is 9.55. The van der Waals surface area contributed by atoms with Crippen LogP contribution in [0.1, 0.15) is 27.0 Å². The molecule has 31 heavy (non-hydrogen) atoms. The monoisotopic (exact) mass is 457 g/mol. The third-order valence-corrected chi connectivity index (χ3v) is 4.96. The van der Waals surface area contributed by atoms with E-state index in [2.05, 4.69) is 5.32 Å². The molecule has 160 valence electrons. The smallest absolute Gasteiger partial charge is 0.349 e. The Balaban J connectivity index is 1.68. The minimum absolute atomic E-state index is 0.210. The maximum Gasteiger partial charge on any atom is 0.349 e. The van der Waals surface area contributed by atoms with Crippen molar-refractivity contribution in [2.24, 2.45) is 0 Å². The van der Waals surface area contributed by atoms with Gasteiger partial charge in [0, 0.05) is 22.7 Å². The molecular formula is C24H21Cl2NO4. The van der Waals surface area contributed by atoms with E-state index in [1.165, 1.54) is 6.07 Å². The van der Waals surface area contributed by atoms with Crippen molar-refractivity contribution in [3.63, 3.8) is 0 Å². The van der Waals surface area contributed by atoms with E-state index < -0.39 is 5.97 Å². The van der Waals surface area contributed by atoms with Gasteiger partial charge in [0.05, 0.1) is 5.02 Å². The van der Waals surface area contributed by atoms with E-state index in [1.54, 1.807) is 36.4 Å². The Morgan fingerprint density at radius 1 is 0.968 bits per heavy atom. The van der Waals surface area contributed by atoms with E-state index >= 15 is 0 Å². The SMILES string of the molecule is Cc1cc(C)c(OC(=O)COc2ccc(Cl)cc2Cl)c(CNC(=O)c2ccccc2)c1. The fraction of sp³-hybridized carbons (Fsp3) is 0.167. The molecule has 0 heterocycles. The zero-order chi connectivity index (χ0) is 22.4. The number of carbonyl (C=O) groups is 2. The van der Waals surface area contributed by atoms with E-state index in [0.717, 1.165) is 11.1 Å². The molecule has 0 bridgehead atoms. The minimum Gasteiger partial charge on any atom is -0.480 e. The van der Waals surface area contributed by atoms with Crippen LogP contribution in [0, 0.1) is 13.8 Å². The number of halogens is 2. The number of hydrogen-bond donors (Lipinski definition) is 1. The predicted octanol–water partition coefficient (Wildman–Crippen LogP) is 5.52. The number of amides is 1. The molecule has 3 aromatic rings. The zero-order valence-electron chi connectivity index (χ0n) is 17.1. The standard InChI is InChI=1S/C24H21Cl2NO4/c1-15-10-16(2)23(18(11-15)13-27-24(29)17-6-4-3-5-7-17)31-22(28)14-30-21-9-8-19(25)12-20(21)26/h3-12H,13-14H2,1-2H3,(H,27,29). The molecule has 0 aliphatic heterocycles. The van der Waals surface area contributed by atoms with Crippen LogP contribution in [-0.2, 0) is 11.3 Å². The first-order chi connectivity index (χ1) is 14.8. The molecule has 0 saturated carbocycles. The molecule has 0 fully saturated rings. The molecule has 3 aromatic carbocycles. The van der Waals surface area contributed by atoms with Crippen LogP contribution in [-0.4, -0.2) is 18.5 Å². The van der Waals surface area contributed by atoms with Crippen molar-refractivity contribution in [3.8, 4) is 11.5 Å². The summed E-state index contributed by atoms with van der Waals surface area (Å²) in [4.78, 5) is 24.8. The summed E-state index contributed by atoms with van der Waals surface area (Å²) in [5.74, 6) is -0.0693. The maximum atomic E-state index is 12.4. The van der Waals surface area contributed by atoms with Gasteiger partial charge in [0.15, 0.2) is 6.61 Å². The number of carbonyl (C=O) groups excluding carboxylic acids is 2. The molecular weight excluding hydrogens is 437 g/mol. The van der Waals surface area contributed by atoms with E-state index in [-0.39, 0.29) is 19.1 Å². The highest BCUT2D eigenvalue weighted by Gasteiger charge is 2.16. The van der Waals surface area contributed by atoms with E-state index in [1.807, 2.05) is 32.0 Å². The lowest BCUT2D eigenvalue weighted by molar-refractivity contribution is -0.136. The Labute approximate surface area is 190 Å². The Bertz CT molecular complexity index is 1100. The van der Waals surface area contributed by atoms with E-state index in [4.69, 9.17) is 32.7 Å². The zero-order valence-corrected chi connectivity index (χ0v) is 18.6. The van der Waals surface area contributed by atoms with Crippen molar-refractivity contribution >= 4 is 35.1 Å². The second-order valence-electron chi connectivity index (χ2n) is 6.96. The highest BCUT2D eigenvalue weighted by atomic mass is 35.5. The molecule has 0 saturated heterocycles. The van der Waals surface area contributed by atoms with Crippen LogP contribution in [0.3, 0.4) is 0 Å². The summed E-state index contributed by atoms with van der Waals surface area (Å²) in [5, 5.41) is 3.63. The van der Waals surface area contributed by atoms with Gasteiger partial charge in [-0.1, -0.05) is 59.1 Å². The normalized spacial score (nSPS) is 10.5. The van der Waals surface area contributed by atoms with E-state index in [9.17, 15) is 9.59 Å². The molecule has 0 aliphatic rings. The van der Waals surface area contributed by atoms with Crippen LogP contribution >= 0.6 is 23.2 Å². The topological polar surface area (TPSA) is 64.6 Å². The number of esters is 1. The first kappa shape index (κ1) is 22.7. The first-order valence-corrected chi connectivity index (χ1v) is 10.3. The third kappa shape index (κ3) is 6.23. The van der Waals surface area contributed by atoms with Gasteiger partial charge in [0.25, 0.3) is 5.91 Å². The summed E-state index contributed by atoms with van der Waals surface area (Å²) < 4.78 is 11.0. The average molecular weight is 458 g/mol. The Morgan fingerprint density at radius 2 is 1.71 bits per heavy atom. The van der Waals surface area contributed by atoms with Crippen molar-refractivity contribution < 1.29 is 19.1 Å². The van der Waals surface area contributed by atoms with Crippen molar-refractivity contribution in [1.29, 1.82) is 0 Å². The van der Waals surface area contributed by atoms with Crippen LogP contribution in [0.4, 0.5) is 0 Å². The van der Waals surface area contributed by atoms with Gasteiger partial charge in [0.2, 0.25) is 0 Å². The van der Waals surface area contributed by atoms with Gasteiger partial charge < -0.3 is 14.8 Å². The van der Waals surface area contributed by atoms with Gasteiger partial charge in [-0.15, -0.1) is 0 Å². The molecule has 0 radical (unpaired) electrons. The van der Waals surface area contributed by atoms with Crippen molar-refractivity contribution in [3.05, 3.63) is 93.0 Å². The van der Waals surface area contributed by atoms with Crippen molar-refractivity contribution in [2.45, 2.75) is 20.4 Å². The summed E-state index contributed by atoms with van der Waals surface area (Å²) in [6, 6.07) is 17.4. The Morgan fingerprint density at radius 3 is 2.42 bits per heavy atom. The molecule has 3 rings (SSSR count). The molecule has 7 heteroatoms. The van der Waals surface area contributed by atoms with Gasteiger partial charge in [-0.3, -0.25) is 4.79 Å². The summed E-state index contributed by atoms with van der Waals surface area (Å²) in [6.07, 6.45) is 0. The number of benzene rings is 3. The lowest BCUT2D eigenvalue weighted by atomic mass is 10.1. The summed E-state index contributed by atoms with van der Waals surface area (Å²) in [6.45, 7) is 3.66. The highest BCUT2D eigenvalue weighted by Crippen LogP contribution is 2.28. The number of rotatable bonds is 7. The van der Waals surface area contributed by atoms with E-state index in [0.29, 0.717) is 32.7 Å². The second-order valence-corrected chi connectivity index (χ2v) is 7.80. The van der Waals surface area contributed by atoms with Gasteiger partial charge in [0.1, 0.15) is 11.5 Å². The molecule has 0 spiro atoms. The second kappa shape index (κ2) is 10.3. The summed E-state index contributed by atoms with van der Waals surface area (Å²) >= 11 is 11.9. The lowest BCUT2D eigenvalue weighted by Crippen LogP contribution is -2.24. The van der Waals surface area contributed by atoms with Crippen LogP contribution in [0.25, 0.3) is 0 Å². The van der Waals surface area contributed by atoms with Crippen LogP contribution in [0.5, 0.6) is 11.5 Å². The highest BCUT2D eigenvalue weighted by molar-refractivity contribution is 6.35. The molecule has 0 aliphatic carbocycles. The number of aryl methyl sites for hydroxylation is 2. The molecule has 1 amide bonds. The lowest BCUT2D eigenvalue weighted by Gasteiger charge is -2.15. The molecule has 0 unspecified atom stereocenters. The number of ether oxygens (including phenoxy) is 2. The van der Waals surface area contributed by atoms with Gasteiger partial charge >= 0.3 is 5.97 Å². The molecule has 0 atom stereocenters. The number of nitrogens with one attached hydrogen (secondary N) is 1. The van der Waals surface area contributed by atoms with Gasteiger partial charge in [-0.25, -0.2) is 4.79 Å². The Kier molecular flexibility index (Phi) is 7.55. The van der Waals surface area contributed by atoms with Crippen molar-refractivity contribution in [2.75, 3.05) is 6.61 Å². The summed E-state index contributed by atoms with van der Waals surface area (Å²) in [5.41, 5.74) is 3.02. The molecule has 5 nitrogen and oxygen atoms in total. The van der Waals surface area contributed by atoms with Crippen LogP contribution < -0.4 is 14.8 Å². The third-order valence-electron chi connectivity index (χ3n) is 4.43. The molecule has 1 N–H and O–H groups in total. The molecule has 0 aromatic heterocycles. The van der Waals surface area contributed by atoms with Gasteiger partial charge in [-0.05, 0) is 49.7 Å².